The topological polar surface area (TPSA) is 66.4 Å². The van der Waals surface area contributed by atoms with Gasteiger partial charge in [0.1, 0.15) is 0 Å². The molecule has 0 saturated heterocycles. The lowest BCUT2D eigenvalue weighted by atomic mass is 10.3. The van der Waals surface area contributed by atoms with Crippen molar-refractivity contribution in [3.63, 3.8) is 0 Å². The monoisotopic (exact) mass is 289 g/mol. The first-order valence-electron chi connectivity index (χ1n) is 5.74. The van der Waals surface area contributed by atoms with Crippen LogP contribution in [-0.2, 0) is 9.84 Å². The van der Waals surface area contributed by atoms with Crippen LogP contribution in [0.1, 0.15) is 6.92 Å². The Morgan fingerprint density at radius 2 is 1.94 bits per heavy atom. The van der Waals surface area contributed by atoms with E-state index in [0.717, 1.165) is 17.2 Å². The molecule has 102 valence electrons. The highest BCUT2D eigenvalue weighted by Crippen LogP contribution is 2.20. The van der Waals surface area contributed by atoms with Crippen molar-refractivity contribution >= 4 is 21.6 Å². The second kappa shape index (κ2) is 7.13. The highest BCUT2D eigenvalue weighted by molar-refractivity contribution is 7.99. The molecule has 18 heavy (non-hydrogen) atoms. The molecule has 0 aliphatic carbocycles. The average Bonchev–Trinajstić information content (AvgIpc) is 2.34. The molecule has 0 heterocycles. The Bertz CT molecular complexity index is 457. The molecule has 1 aromatic rings. The molecule has 1 unspecified atom stereocenters. The van der Waals surface area contributed by atoms with Gasteiger partial charge in [0.25, 0.3) is 0 Å². The van der Waals surface area contributed by atoms with Gasteiger partial charge in [-0.3, -0.25) is 0 Å². The molecule has 1 aromatic carbocycles. The molecule has 0 amide bonds. The van der Waals surface area contributed by atoms with Gasteiger partial charge in [-0.15, -0.1) is 11.8 Å². The van der Waals surface area contributed by atoms with Crippen LogP contribution in [0.3, 0.4) is 0 Å². The number of hydrogen-bond acceptors (Lipinski definition) is 5. The summed E-state index contributed by atoms with van der Waals surface area (Å²) in [5.41, 5.74) is 0. The van der Waals surface area contributed by atoms with Gasteiger partial charge in [-0.25, -0.2) is 8.42 Å². The standard InChI is InChI=1S/C12H19NO3S2/c1-3-13-10(8-14)9-17-11-4-6-12(7-5-11)18(2,15)16/h4-7,10,13-14H,3,8-9H2,1-2H3. The van der Waals surface area contributed by atoms with Gasteiger partial charge >= 0.3 is 0 Å². The number of benzene rings is 1. The Hall–Kier alpha value is -0.560. The van der Waals surface area contributed by atoms with E-state index in [4.69, 9.17) is 5.11 Å². The van der Waals surface area contributed by atoms with Crippen LogP contribution in [0.15, 0.2) is 34.1 Å². The minimum absolute atomic E-state index is 0.0644. The van der Waals surface area contributed by atoms with E-state index in [1.165, 1.54) is 6.26 Å². The van der Waals surface area contributed by atoms with Gasteiger partial charge in [-0.2, -0.15) is 0 Å². The third kappa shape index (κ3) is 4.97. The predicted octanol–water partition coefficient (Wildman–Crippen LogP) is 1.15. The lowest BCUT2D eigenvalue weighted by Crippen LogP contribution is -2.34. The molecule has 2 N–H and O–H groups in total. The van der Waals surface area contributed by atoms with Crippen LogP contribution in [0.4, 0.5) is 0 Å². The number of aliphatic hydroxyl groups excluding tert-OH is 1. The summed E-state index contributed by atoms with van der Waals surface area (Å²) in [6, 6.07) is 6.87. The number of rotatable bonds is 7. The summed E-state index contributed by atoms with van der Waals surface area (Å²) in [7, 11) is -3.13. The smallest absolute Gasteiger partial charge is 0.175 e. The first-order chi connectivity index (χ1) is 8.47. The molecular formula is C12H19NO3S2. The predicted molar refractivity (Wildman–Crippen MR) is 74.8 cm³/mol. The summed E-state index contributed by atoms with van der Waals surface area (Å²) < 4.78 is 22.6. The fourth-order valence-corrected chi connectivity index (χ4v) is 3.02. The maximum atomic E-state index is 11.3. The number of likely N-dealkylation sites (N-methyl/N-ethyl adjacent to an activating group) is 1. The molecule has 0 aromatic heterocycles. The Morgan fingerprint density at radius 3 is 2.39 bits per heavy atom. The van der Waals surface area contributed by atoms with E-state index in [-0.39, 0.29) is 12.6 Å². The fourth-order valence-electron chi connectivity index (χ4n) is 1.44. The second-order valence-electron chi connectivity index (χ2n) is 3.99. The highest BCUT2D eigenvalue weighted by atomic mass is 32.2. The van der Waals surface area contributed by atoms with Gasteiger partial charge < -0.3 is 10.4 Å². The zero-order valence-electron chi connectivity index (χ0n) is 10.6. The number of hydrogen-bond donors (Lipinski definition) is 2. The molecule has 1 atom stereocenters. The summed E-state index contributed by atoms with van der Waals surface area (Å²) in [6.45, 7) is 2.91. The fraction of sp³-hybridized carbons (Fsp3) is 0.500. The quantitative estimate of drug-likeness (QED) is 0.737. The summed E-state index contributed by atoms with van der Waals surface area (Å²) in [6.07, 6.45) is 1.20. The first kappa shape index (κ1) is 15.5. The molecule has 0 saturated carbocycles. The van der Waals surface area contributed by atoms with Gasteiger partial charge in [-0.05, 0) is 30.8 Å². The Labute approximate surface area is 113 Å². The normalized spacial score (nSPS) is 13.5. The van der Waals surface area contributed by atoms with Crippen LogP contribution in [-0.4, -0.2) is 44.7 Å². The van der Waals surface area contributed by atoms with E-state index in [9.17, 15) is 8.42 Å². The van der Waals surface area contributed by atoms with Crippen molar-refractivity contribution in [2.75, 3.05) is 25.2 Å². The minimum Gasteiger partial charge on any atom is -0.395 e. The van der Waals surface area contributed by atoms with Crippen molar-refractivity contribution in [2.45, 2.75) is 22.8 Å². The number of aliphatic hydroxyl groups is 1. The van der Waals surface area contributed by atoms with Gasteiger partial charge in [0.15, 0.2) is 9.84 Å². The van der Waals surface area contributed by atoms with Crippen molar-refractivity contribution < 1.29 is 13.5 Å². The zero-order valence-corrected chi connectivity index (χ0v) is 12.2. The molecule has 0 bridgehead atoms. The van der Waals surface area contributed by atoms with Gasteiger partial charge in [0, 0.05) is 22.9 Å². The van der Waals surface area contributed by atoms with Gasteiger partial charge in [0.05, 0.1) is 11.5 Å². The number of nitrogens with one attached hydrogen (secondary N) is 1. The van der Waals surface area contributed by atoms with Gasteiger partial charge in [-0.1, -0.05) is 6.92 Å². The van der Waals surface area contributed by atoms with Crippen molar-refractivity contribution in [1.29, 1.82) is 0 Å². The van der Waals surface area contributed by atoms with Crippen LogP contribution >= 0.6 is 11.8 Å². The van der Waals surface area contributed by atoms with Crippen molar-refractivity contribution in [1.82, 2.24) is 5.32 Å². The summed E-state index contributed by atoms with van der Waals surface area (Å²) in [5.74, 6) is 0.753. The van der Waals surface area contributed by atoms with E-state index in [2.05, 4.69) is 5.32 Å². The summed E-state index contributed by atoms with van der Waals surface area (Å²) in [5, 5.41) is 12.3. The maximum Gasteiger partial charge on any atom is 0.175 e. The number of thioether (sulfide) groups is 1. The van der Waals surface area contributed by atoms with Gasteiger partial charge in [0.2, 0.25) is 0 Å². The average molecular weight is 289 g/mol. The highest BCUT2D eigenvalue weighted by Gasteiger charge is 2.08. The van der Waals surface area contributed by atoms with E-state index >= 15 is 0 Å². The van der Waals surface area contributed by atoms with Crippen molar-refractivity contribution in [3.8, 4) is 0 Å². The maximum absolute atomic E-state index is 11.3. The third-order valence-corrected chi connectivity index (χ3v) is 4.72. The Balaban J connectivity index is 2.59. The van der Waals surface area contributed by atoms with E-state index in [1.54, 1.807) is 36.0 Å². The largest absolute Gasteiger partial charge is 0.395 e. The van der Waals surface area contributed by atoms with E-state index in [1.807, 2.05) is 6.92 Å². The van der Waals surface area contributed by atoms with Crippen LogP contribution in [0.25, 0.3) is 0 Å². The summed E-state index contributed by atoms with van der Waals surface area (Å²) in [4.78, 5) is 1.33. The molecule has 0 spiro atoms. The Kier molecular flexibility index (Phi) is 6.14. The number of sulfone groups is 1. The van der Waals surface area contributed by atoms with E-state index in [0.29, 0.717) is 4.90 Å². The van der Waals surface area contributed by atoms with Crippen LogP contribution in [0.2, 0.25) is 0 Å². The molecule has 0 radical (unpaired) electrons. The molecule has 6 heteroatoms. The van der Waals surface area contributed by atoms with Crippen LogP contribution in [0, 0.1) is 0 Å². The lowest BCUT2D eigenvalue weighted by molar-refractivity contribution is 0.255. The molecule has 1 rings (SSSR count). The molecule has 4 nitrogen and oxygen atoms in total. The minimum atomic E-state index is -3.13. The SMILES string of the molecule is CCNC(CO)CSc1ccc(S(C)(=O)=O)cc1. The first-order valence-corrected chi connectivity index (χ1v) is 8.62. The Morgan fingerprint density at radius 1 is 1.33 bits per heavy atom. The molecule has 0 aliphatic rings. The van der Waals surface area contributed by atoms with Crippen molar-refractivity contribution in [2.24, 2.45) is 0 Å². The van der Waals surface area contributed by atoms with Crippen molar-refractivity contribution in [3.05, 3.63) is 24.3 Å². The zero-order chi connectivity index (χ0) is 13.6. The lowest BCUT2D eigenvalue weighted by Gasteiger charge is -2.14. The second-order valence-corrected chi connectivity index (χ2v) is 7.10. The third-order valence-electron chi connectivity index (χ3n) is 2.42. The van der Waals surface area contributed by atoms with E-state index < -0.39 is 9.84 Å². The molecule has 0 aliphatic heterocycles. The summed E-state index contributed by atoms with van der Waals surface area (Å²) >= 11 is 1.60. The van der Waals surface area contributed by atoms with Crippen LogP contribution in [0.5, 0.6) is 0 Å². The van der Waals surface area contributed by atoms with Crippen LogP contribution < -0.4 is 5.32 Å². The molecule has 0 fully saturated rings. The molecular weight excluding hydrogens is 270 g/mol.